The second kappa shape index (κ2) is 5.35. The summed E-state index contributed by atoms with van der Waals surface area (Å²) in [6.45, 7) is 6.08. The third-order valence-corrected chi connectivity index (χ3v) is 5.00. The van der Waals surface area contributed by atoms with Gasteiger partial charge in [0, 0.05) is 4.75 Å². The zero-order valence-electron chi connectivity index (χ0n) is 10.8. The average molecular weight is 255 g/mol. The molecule has 0 radical (unpaired) electrons. The van der Waals surface area contributed by atoms with Crippen molar-refractivity contribution in [2.24, 2.45) is 0 Å². The van der Waals surface area contributed by atoms with Gasteiger partial charge in [-0.2, -0.15) is 11.8 Å². The van der Waals surface area contributed by atoms with Crippen LogP contribution in [0.25, 0.3) is 0 Å². The highest BCUT2D eigenvalue weighted by atomic mass is 32.2. The zero-order valence-corrected chi connectivity index (χ0v) is 11.6. The van der Waals surface area contributed by atoms with Gasteiger partial charge in [0.2, 0.25) is 0 Å². The fourth-order valence-electron chi connectivity index (χ4n) is 2.30. The van der Waals surface area contributed by atoms with Crippen molar-refractivity contribution < 1.29 is 0 Å². The highest BCUT2D eigenvalue weighted by Crippen LogP contribution is 2.44. The van der Waals surface area contributed by atoms with E-state index in [-0.39, 0.29) is 6.04 Å². The van der Waals surface area contributed by atoms with E-state index >= 15 is 0 Å². The first-order valence-electron chi connectivity index (χ1n) is 6.25. The molecular weight excluding hydrogens is 234 g/mol. The first kappa shape index (κ1) is 12.8. The molecule has 1 fully saturated rings. The Balaban J connectivity index is 2.08. The van der Waals surface area contributed by atoms with Gasteiger partial charge in [-0.05, 0) is 43.0 Å². The van der Waals surface area contributed by atoms with Crippen LogP contribution in [0.3, 0.4) is 0 Å². The lowest BCUT2D eigenvalue weighted by Crippen LogP contribution is -2.39. The van der Waals surface area contributed by atoms with Gasteiger partial charge in [-0.3, -0.25) is 0 Å². The largest absolute Gasteiger partial charge is 0.308 e. The molecule has 1 heterocycles. The third-order valence-electron chi connectivity index (χ3n) is 3.59. The van der Waals surface area contributed by atoms with Crippen molar-refractivity contribution in [3.8, 4) is 0 Å². The van der Waals surface area contributed by atoms with E-state index in [9.17, 15) is 0 Å². The molecule has 0 saturated heterocycles. The van der Waals surface area contributed by atoms with Gasteiger partial charge in [-0.1, -0.05) is 13.3 Å². The van der Waals surface area contributed by atoms with Crippen molar-refractivity contribution in [1.29, 1.82) is 0 Å². The second-order valence-electron chi connectivity index (χ2n) is 4.71. The van der Waals surface area contributed by atoms with Crippen molar-refractivity contribution in [2.75, 3.05) is 12.8 Å². The molecule has 1 atom stereocenters. The molecule has 0 bridgehead atoms. The van der Waals surface area contributed by atoms with Gasteiger partial charge < -0.3 is 5.32 Å². The summed E-state index contributed by atoms with van der Waals surface area (Å²) < 4.78 is 2.35. The molecule has 1 N–H and O–H groups in total. The minimum atomic E-state index is 0.217. The molecule has 1 aromatic heterocycles. The standard InChI is InChI=1S/C11H21N5S/c1-4-12-9(2)10-13-14-15-16(10)8-11(17-3)6-5-7-11/h9,12H,4-8H2,1-3H3. The van der Waals surface area contributed by atoms with Gasteiger partial charge >= 0.3 is 0 Å². The summed E-state index contributed by atoms with van der Waals surface area (Å²) in [4.78, 5) is 0. The highest BCUT2D eigenvalue weighted by Gasteiger charge is 2.37. The van der Waals surface area contributed by atoms with Crippen LogP contribution in [-0.4, -0.2) is 37.8 Å². The van der Waals surface area contributed by atoms with E-state index in [0.29, 0.717) is 4.75 Å². The van der Waals surface area contributed by atoms with Gasteiger partial charge in [-0.15, -0.1) is 5.10 Å². The monoisotopic (exact) mass is 255 g/mol. The van der Waals surface area contributed by atoms with Gasteiger partial charge in [0.1, 0.15) is 0 Å². The number of rotatable bonds is 6. The minimum absolute atomic E-state index is 0.217. The summed E-state index contributed by atoms with van der Waals surface area (Å²) in [6.07, 6.45) is 6.09. The lowest BCUT2D eigenvalue weighted by atomic mass is 9.84. The molecule has 96 valence electrons. The van der Waals surface area contributed by atoms with Crippen LogP contribution in [0.15, 0.2) is 0 Å². The lowest BCUT2D eigenvalue weighted by molar-refractivity contribution is 0.299. The van der Waals surface area contributed by atoms with E-state index in [1.54, 1.807) is 0 Å². The van der Waals surface area contributed by atoms with Crippen LogP contribution >= 0.6 is 11.8 Å². The maximum atomic E-state index is 4.14. The van der Waals surface area contributed by atoms with Crippen LogP contribution in [-0.2, 0) is 6.54 Å². The van der Waals surface area contributed by atoms with Gasteiger partial charge in [0.05, 0.1) is 12.6 Å². The molecule has 1 saturated carbocycles. The van der Waals surface area contributed by atoms with Crippen LogP contribution in [0.1, 0.15) is 45.0 Å². The fraction of sp³-hybridized carbons (Fsp3) is 0.909. The Bertz CT molecular complexity index is 355. The normalized spacial score (nSPS) is 19.9. The van der Waals surface area contributed by atoms with Crippen molar-refractivity contribution >= 4 is 11.8 Å². The van der Waals surface area contributed by atoms with Crippen molar-refractivity contribution in [3.63, 3.8) is 0 Å². The fourth-order valence-corrected chi connectivity index (χ4v) is 3.25. The molecule has 1 unspecified atom stereocenters. The van der Waals surface area contributed by atoms with Gasteiger partial charge in [0.25, 0.3) is 0 Å². The molecular formula is C11H21N5S. The molecule has 1 aromatic rings. The first-order valence-corrected chi connectivity index (χ1v) is 7.48. The topological polar surface area (TPSA) is 55.6 Å². The molecule has 0 aliphatic heterocycles. The summed E-state index contributed by atoms with van der Waals surface area (Å²) >= 11 is 1.95. The van der Waals surface area contributed by atoms with Crippen LogP contribution < -0.4 is 5.32 Å². The first-order chi connectivity index (χ1) is 8.21. The minimum Gasteiger partial charge on any atom is -0.308 e. The van der Waals surface area contributed by atoms with Crippen molar-refractivity contribution in [2.45, 2.75) is 50.4 Å². The molecule has 6 heteroatoms. The molecule has 0 aromatic carbocycles. The van der Waals surface area contributed by atoms with Gasteiger partial charge in [-0.25, -0.2) is 4.68 Å². The quantitative estimate of drug-likeness (QED) is 0.837. The molecule has 0 spiro atoms. The summed E-state index contributed by atoms with van der Waals surface area (Å²) in [5, 5.41) is 15.5. The Kier molecular flexibility index (Phi) is 4.04. The Morgan fingerprint density at radius 1 is 1.53 bits per heavy atom. The maximum Gasteiger partial charge on any atom is 0.167 e. The van der Waals surface area contributed by atoms with E-state index in [1.165, 1.54) is 19.3 Å². The van der Waals surface area contributed by atoms with E-state index < -0.39 is 0 Å². The SMILES string of the molecule is CCNC(C)c1nnnn1CC1(SC)CCC1. The van der Waals surface area contributed by atoms with Gasteiger partial charge in [0.15, 0.2) is 5.82 Å². The van der Waals surface area contributed by atoms with Crippen LogP contribution in [0.4, 0.5) is 0 Å². The predicted octanol–water partition coefficient (Wildman–Crippen LogP) is 1.63. The summed E-state index contributed by atoms with van der Waals surface area (Å²) in [5.41, 5.74) is 0. The van der Waals surface area contributed by atoms with Crippen LogP contribution in [0.5, 0.6) is 0 Å². The number of hydrogen-bond donors (Lipinski definition) is 1. The number of aromatic nitrogens is 4. The Hall–Kier alpha value is -0.620. The molecule has 17 heavy (non-hydrogen) atoms. The Morgan fingerprint density at radius 2 is 2.29 bits per heavy atom. The second-order valence-corrected chi connectivity index (χ2v) is 5.99. The smallest absolute Gasteiger partial charge is 0.167 e. The summed E-state index contributed by atoms with van der Waals surface area (Å²) in [7, 11) is 0. The number of thioether (sulfide) groups is 1. The third kappa shape index (κ3) is 2.63. The van der Waals surface area contributed by atoms with E-state index in [0.717, 1.165) is 18.9 Å². The number of nitrogens with zero attached hydrogens (tertiary/aromatic N) is 4. The molecule has 5 nitrogen and oxygen atoms in total. The average Bonchev–Trinajstić information content (AvgIpc) is 2.71. The van der Waals surface area contributed by atoms with Crippen LogP contribution in [0, 0.1) is 0 Å². The Labute approximate surface area is 107 Å². The van der Waals surface area contributed by atoms with E-state index in [4.69, 9.17) is 0 Å². The molecule has 1 aliphatic carbocycles. The number of nitrogens with one attached hydrogen (secondary N) is 1. The predicted molar refractivity (Wildman–Crippen MR) is 70.0 cm³/mol. The van der Waals surface area contributed by atoms with Crippen molar-refractivity contribution in [1.82, 2.24) is 25.5 Å². The van der Waals surface area contributed by atoms with E-state index in [2.05, 4.69) is 40.9 Å². The number of hydrogen-bond acceptors (Lipinski definition) is 5. The highest BCUT2D eigenvalue weighted by molar-refractivity contribution is 8.00. The lowest BCUT2D eigenvalue weighted by Gasteiger charge is -2.40. The summed E-state index contributed by atoms with van der Waals surface area (Å²) in [5.74, 6) is 0.951. The summed E-state index contributed by atoms with van der Waals surface area (Å²) in [6, 6.07) is 0.217. The van der Waals surface area contributed by atoms with Crippen LogP contribution in [0.2, 0.25) is 0 Å². The molecule has 1 aliphatic rings. The molecule has 2 rings (SSSR count). The maximum absolute atomic E-state index is 4.14. The van der Waals surface area contributed by atoms with E-state index in [1.807, 2.05) is 16.4 Å². The van der Waals surface area contributed by atoms with Crippen molar-refractivity contribution in [3.05, 3.63) is 5.82 Å². The molecule has 0 amide bonds. The number of tetrazole rings is 1. The zero-order chi connectivity index (χ0) is 12.3. The Morgan fingerprint density at radius 3 is 2.82 bits per heavy atom.